The van der Waals surface area contributed by atoms with Gasteiger partial charge in [0.2, 0.25) is 0 Å². The largest absolute Gasteiger partial charge is 0.345 e. The predicted octanol–water partition coefficient (Wildman–Crippen LogP) is 3.27. The second-order valence-electron chi connectivity index (χ2n) is 6.28. The van der Waals surface area contributed by atoms with Crippen molar-refractivity contribution in [1.29, 1.82) is 0 Å². The number of amides is 1. The SMILES string of the molecule is CC(C)(C)c1nnsc1C(=O)NC1(CBr)CCCC1. The van der Waals surface area contributed by atoms with E-state index in [0.717, 1.165) is 23.9 Å². The average Bonchev–Trinajstić information content (AvgIpc) is 2.96. The third-order valence-corrected chi connectivity index (χ3v) is 5.40. The zero-order chi connectivity index (χ0) is 14.1. The standard InChI is InChI=1S/C13H20BrN3OS/c1-12(2,3)10-9(19-17-16-10)11(18)15-13(8-14)6-4-5-7-13/h4-8H2,1-3H3,(H,15,18). The molecule has 0 unspecified atom stereocenters. The number of aromatic nitrogens is 2. The van der Waals surface area contributed by atoms with Gasteiger partial charge in [0, 0.05) is 10.7 Å². The van der Waals surface area contributed by atoms with Crippen molar-refractivity contribution in [2.24, 2.45) is 0 Å². The molecule has 0 spiro atoms. The first-order valence-corrected chi connectivity index (χ1v) is 8.49. The summed E-state index contributed by atoms with van der Waals surface area (Å²) in [5.74, 6) is -0.0266. The maximum absolute atomic E-state index is 12.5. The highest BCUT2D eigenvalue weighted by molar-refractivity contribution is 9.09. The van der Waals surface area contributed by atoms with E-state index in [0.29, 0.717) is 4.88 Å². The van der Waals surface area contributed by atoms with E-state index in [9.17, 15) is 4.79 Å². The van der Waals surface area contributed by atoms with E-state index in [-0.39, 0.29) is 16.9 Å². The zero-order valence-electron chi connectivity index (χ0n) is 11.6. The van der Waals surface area contributed by atoms with E-state index in [4.69, 9.17) is 0 Å². The lowest BCUT2D eigenvalue weighted by Crippen LogP contribution is -2.48. The van der Waals surface area contributed by atoms with Crippen LogP contribution in [0.1, 0.15) is 61.8 Å². The van der Waals surface area contributed by atoms with Crippen molar-refractivity contribution < 1.29 is 4.79 Å². The molecule has 4 nitrogen and oxygen atoms in total. The molecule has 1 aliphatic rings. The monoisotopic (exact) mass is 345 g/mol. The fourth-order valence-corrected chi connectivity index (χ4v) is 3.94. The summed E-state index contributed by atoms with van der Waals surface area (Å²) < 4.78 is 3.95. The van der Waals surface area contributed by atoms with Crippen molar-refractivity contribution in [3.8, 4) is 0 Å². The molecule has 1 aromatic rings. The Morgan fingerprint density at radius 2 is 2.05 bits per heavy atom. The maximum Gasteiger partial charge on any atom is 0.265 e. The van der Waals surface area contributed by atoms with Crippen LogP contribution in [0.2, 0.25) is 0 Å². The normalized spacial score (nSPS) is 18.5. The first-order chi connectivity index (χ1) is 8.88. The van der Waals surface area contributed by atoms with Crippen LogP contribution in [-0.4, -0.2) is 26.4 Å². The molecule has 1 aromatic heterocycles. The summed E-state index contributed by atoms with van der Waals surface area (Å²) in [6.07, 6.45) is 4.44. The molecule has 1 heterocycles. The minimum atomic E-state index is -0.156. The van der Waals surface area contributed by atoms with Gasteiger partial charge in [0.1, 0.15) is 4.88 Å². The minimum absolute atomic E-state index is 0.0266. The second kappa shape index (κ2) is 5.48. The molecule has 19 heavy (non-hydrogen) atoms. The Morgan fingerprint density at radius 3 is 2.58 bits per heavy atom. The highest BCUT2D eigenvalue weighted by Crippen LogP contribution is 2.32. The van der Waals surface area contributed by atoms with Gasteiger partial charge in [0.25, 0.3) is 5.91 Å². The van der Waals surface area contributed by atoms with Gasteiger partial charge in [0.15, 0.2) is 0 Å². The molecule has 2 rings (SSSR count). The van der Waals surface area contributed by atoms with E-state index in [2.05, 4.69) is 51.6 Å². The van der Waals surface area contributed by atoms with Gasteiger partial charge >= 0.3 is 0 Å². The summed E-state index contributed by atoms with van der Waals surface area (Å²) in [4.78, 5) is 13.1. The minimum Gasteiger partial charge on any atom is -0.345 e. The predicted molar refractivity (Wildman–Crippen MR) is 81.1 cm³/mol. The molecular formula is C13H20BrN3OS. The summed E-state index contributed by atoms with van der Waals surface area (Å²) in [5.41, 5.74) is 0.547. The Morgan fingerprint density at radius 1 is 1.42 bits per heavy atom. The van der Waals surface area contributed by atoms with Crippen molar-refractivity contribution in [2.45, 2.75) is 57.4 Å². The number of rotatable bonds is 3. The van der Waals surface area contributed by atoms with Crippen molar-refractivity contribution in [2.75, 3.05) is 5.33 Å². The molecule has 0 radical (unpaired) electrons. The van der Waals surface area contributed by atoms with Crippen molar-refractivity contribution in [3.05, 3.63) is 10.6 Å². The van der Waals surface area contributed by atoms with Crippen LogP contribution in [-0.2, 0) is 5.41 Å². The fourth-order valence-electron chi connectivity index (χ4n) is 2.47. The smallest absolute Gasteiger partial charge is 0.265 e. The van der Waals surface area contributed by atoms with Gasteiger partial charge in [-0.1, -0.05) is 54.0 Å². The van der Waals surface area contributed by atoms with Gasteiger partial charge in [-0.15, -0.1) is 5.10 Å². The summed E-state index contributed by atoms with van der Waals surface area (Å²) in [6, 6.07) is 0. The van der Waals surface area contributed by atoms with Crippen molar-refractivity contribution in [1.82, 2.24) is 14.9 Å². The molecule has 1 saturated carbocycles. The quantitative estimate of drug-likeness (QED) is 0.855. The molecule has 1 amide bonds. The Kier molecular flexibility index (Phi) is 4.30. The highest BCUT2D eigenvalue weighted by Gasteiger charge is 2.36. The molecule has 0 aliphatic heterocycles. The van der Waals surface area contributed by atoms with E-state index in [1.807, 2.05) is 0 Å². The van der Waals surface area contributed by atoms with Crippen LogP contribution in [0.4, 0.5) is 0 Å². The van der Waals surface area contributed by atoms with E-state index < -0.39 is 0 Å². The fraction of sp³-hybridized carbons (Fsp3) is 0.769. The number of halogens is 1. The zero-order valence-corrected chi connectivity index (χ0v) is 14.0. The van der Waals surface area contributed by atoms with Crippen molar-refractivity contribution in [3.63, 3.8) is 0 Å². The van der Waals surface area contributed by atoms with Gasteiger partial charge in [-0.3, -0.25) is 4.79 Å². The average molecular weight is 346 g/mol. The van der Waals surface area contributed by atoms with Gasteiger partial charge in [-0.25, -0.2) is 0 Å². The number of alkyl halides is 1. The van der Waals surface area contributed by atoms with Crippen LogP contribution in [0.3, 0.4) is 0 Å². The van der Waals surface area contributed by atoms with Gasteiger partial charge in [-0.2, -0.15) is 0 Å². The number of carbonyl (C=O) groups excluding carboxylic acids is 1. The van der Waals surface area contributed by atoms with Gasteiger partial charge in [0.05, 0.1) is 11.2 Å². The number of carbonyl (C=O) groups is 1. The third-order valence-electron chi connectivity index (χ3n) is 3.60. The highest BCUT2D eigenvalue weighted by atomic mass is 79.9. The van der Waals surface area contributed by atoms with E-state index >= 15 is 0 Å². The summed E-state index contributed by atoms with van der Waals surface area (Å²) in [6.45, 7) is 6.16. The van der Waals surface area contributed by atoms with Crippen LogP contribution in [0.5, 0.6) is 0 Å². The van der Waals surface area contributed by atoms with Crippen LogP contribution in [0, 0.1) is 0 Å². The van der Waals surface area contributed by atoms with Crippen LogP contribution in [0.15, 0.2) is 0 Å². The lowest BCUT2D eigenvalue weighted by atomic mass is 9.91. The Labute approximate surface area is 126 Å². The third kappa shape index (κ3) is 3.16. The summed E-state index contributed by atoms with van der Waals surface area (Å²) in [5, 5.41) is 8.14. The number of nitrogens with one attached hydrogen (secondary N) is 1. The Balaban J connectivity index is 2.19. The number of hydrogen-bond donors (Lipinski definition) is 1. The molecule has 0 bridgehead atoms. The maximum atomic E-state index is 12.5. The first kappa shape index (κ1) is 14.9. The Hall–Kier alpha value is -0.490. The second-order valence-corrected chi connectivity index (χ2v) is 7.59. The van der Waals surface area contributed by atoms with E-state index in [1.165, 1.54) is 24.4 Å². The number of nitrogens with zero attached hydrogens (tertiary/aromatic N) is 2. The van der Waals surface area contributed by atoms with E-state index in [1.54, 1.807) is 0 Å². The molecule has 1 N–H and O–H groups in total. The Bertz CT molecular complexity index is 461. The van der Waals surface area contributed by atoms with Crippen LogP contribution < -0.4 is 5.32 Å². The molecule has 0 saturated heterocycles. The molecule has 6 heteroatoms. The molecular weight excluding hydrogens is 326 g/mol. The molecule has 1 aliphatic carbocycles. The van der Waals surface area contributed by atoms with Gasteiger partial charge in [-0.05, 0) is 24.4 Å². The van der Waals surface area contributed by atoms with Crippen molar-refractivity contribution >= 4 is 33.4 Å². The molecule has 0 atom stereocenters. The molecule has 1 fully saturated rings. The first-order valence-electron chi connectivity index (χ1n) is 6.59. The van der Waals surface area contributed by atoms with Crippen LogP contribution in [0.25, 0.3) is 0 Å². The summed E-state index contributed by atoms with van der Waals surface area (Å²) in [7, 11) is 0. The molecule has 106 valence electrons. The lowest BCUT2D eigenvalue weighted by molar-refractivity contribution is 0.0912. The number of hydrogen-bond acceptors (Lipinski definition) is 4. The summed E-state index contributed by atoms with van der Waals surface area (Å²) >= 11 is 4.73. The van der Waals surface area contributed by atoms with Crippen LogP contribution >= 0.6 is 27.5 Å². The molecule has 0 aromatic carbocycles. The lowest BCUT2D eigenvalue weighted by Gasteiger charge is -2.28. The topological polar surface area (TPSA) is 54.9 Å². The van der Waals surface area contributed by atoms with Gasteiger partial charge < -0.3 is 5.32 Å².